The molecule has 0 radical (unpaired) electrons. The van der Waals surface area contributed by atoms with E-state index in [1.54, 1.807) is 7.11 Å². The van der Waals surface area contributed by atoms with Crippen LogP contribution in [0.3, 0.4) is 0 Å². The molecule has 1 saturated heterocycles. The van der Waals surface area contributed by atoms with E-state index in [9.17, 15) is 0 Å². The summed E-state index contributed by atoms with van der Waals surface area (Å²) < 4.78 is 13.2. The number of aromatic nitrogens is 2. The van der Waals surface area contributed by atoms with Crippen LogP contribution in [0.15, 0.2) is 72.9 Å². The number of anilines is 2. The first-order chi connectivity index (χ1) is 20.4. The smallest absolute Gasteiger partial charge is 0.174 e. The molecule has 1 aliphatic heterocycles. The van der Waals surface area contributed by atoms with Crippen LogP contribution in [-0.4, -0.2) is 48.1 Å². The number of hydrogen-bond acceptors (Lipinski definition) is 5. The minimum atomic E-state index is -0.158. The molecule has 42 heavy (non-hydrogen) atoms. The second-order valence-corrected chi connectivity index (χ2v) is 11.1. The van der Waals surface area contributed by atoms with E-state index in [4.69, 9.17) is 38.3 Å². The van der Waals surface area contributed by atoms with Gasteiger partial charge in [-0.25, -0.2) is 0 Å². The van der Waals surface area contributed by atoms with Crippen molar-refractivity contribution < 1.29 is 9.47 Å². The number of aryl methyl sites for hydroxylation is 1. The zero-order chi connectivity index (χ0) is 29.8. The van der Waals surface area contributed by atoms with E-state index < -0.39 is 0 Å². The van der Waals surface area contributed by atoms with Crippen LogP contribution >= 0.6 is 23.8 Å². The van der Waals surface area contributed by atoms with Gasteiger partial charge in [0.05, 0.1) is 29.4 Å². The predicted octanol–water partition coefficient (Wildman–Crippen LogP) is 7.19. The normalized spacial score (nSPS) is 16.5. The van der Waals surface area contributed by atoms with Crippen LogP contribution in [0.1, 0.15) is 48.6 Å². The van der Waals surface area contributed by atoms with E-state index in [1.165, 1.54) is 11.3 Å². The maximum absolute atomic E-state index is 6.70. The highest BCUT2D eigenvalue weighted by molar-refractivity contribution is 7.80. The number of rotatable bonds is 11. The molecule has 2 atom stereocenters. The lowest BCUT2D eigenvalue weighted by Crippen LogP contribution is -2.29. The third-order valence-corrected chi connectivity index (χ3v) is 8.47. The second-order valence-electron chi connectivity index (χ2n) is 10.3. The molecule has 1 aliphatic rings. The number of ether oxygens (including phenoxy) is 2. The third kappa shape index (κ3) is 5.84. The molecule has 220 valence electrons. The van der Waals surface area contributed by atoms with Gasteiger partial charge in [0, 0.05) is 54.8 Å². The van der Waals surface area contributed by atoms with E-state index in [2.05, 4.69) is 77.7 Å². The predicted molar refractivity (Wildman–Crippen MR) is 176 cm³/mol. The van der Waals surface area contributed by atoms with Gasteiger partial charge in [0.25, 0.3) is 0 Å². The molecule has 1 fully saturated rings. The number of benzene rings is 2. The van der Waals surface area contributed by atoms with Gasteiger partial charge in [0.15, 0.2) is 5.11 Å². The van der Waals surface area contributed by atoms with Crippen molar-refractivity contribution in [2.45, 2.75) is 39.8 Å². The summed E-state index contributed by atoms with van der Waals surface area (Å²) in [5.41, 5.74) is 7.62. The summed E-state index contributed by atoms with van der Waals surface area (Å²) in [6.07, 6.45) is 1.82. The van der Waals surface area contributed by atoms with Crippen molar-refractivity contribution in [1.29, 1.82) is 0 Å². The molecule has 0 amide bonds. The Hall–Kier alpha value is -3.59. The molecule has 1 N–H and O–H groups in total. The molecule has 9 heteroatoms. The Labute approximate surface area is 259 Å². The average Bonchev–Trinajstić information content (AvgIpc) is 3.50. The fourth-order valence-corrected chi connectivity index (χ4v) is 6.40. The van der Waals surface area contributed by atoms with Crippen molar-refractivity contribution in [3.05, 3.63) is 101 Å². The SMILES string of the molecule is CCN(CC)c1ccc(-n2c(C)cc(C3C(c4ccccn4)NC(=S)N3c3ccc(OCCOC)c(Cl)c3)c2C)cc1. The number of thiocarbonyl (C=S) groups is 1. The van der Waals surface area contributed by atoms with Crippen LogP contribution in [0.2, 0.25) is 5.02 Å². The van der Waals surface area contributed by atoms with E-state index in [0.29, 0.717) is 29.1 Å². The van der Waals surface area contributed by atoms with Gasteiger partial charge in [-0.1, -0.05) is 17.7 Å². The van der Waals surface area contributed by atoms with Crippen LogP contribution in [0.5, 0.6) is 5.75 Å². The number of pyridine rings is 1. The van der Waals surface area contributed by atoms with Crippen LogP contribution in [0.25, 0.3) is 5.69 Å². The fraction of sp³-hybridized carbons (Fsp3) is 0.333. The minimum Gasteiger partial charge on any atom is -0.490 e. The van der Waals surface area contributed by atoms with Crippen LogP contribution in [0, 0.1) is 13.8 Å². The monoisotopic (exact) mass is 603 g/mol. The second kappa shape index (κ2) is 13.2. The molecule has 3 heterocycles. The van der Waals surface area contributed by atoms with Gasteiger partial charge in [-0.2, -0.15) is 0 Å². The number of methoxy groups -OCH3 is 1. The summed E-state index contributed by atoms with van der Waals surface area (Å²) in [7, 11) is 1.64. The van der Waals surface area contributed by atoms with Crippen molar-refractivity contribution in [3.63, 3.8) is 0 Å². The molecular formula is C33H38ClN5O2S. The van der Waals surface area contributed by atoms with Gasteiger partial charge < -0.3 is 29.2 Å². The van der Waals surface area contributed by atoms with E-state index >= 15 is 0 Å². The van der Waals surface area contributed by atoms with Crippen molar-refractivity contribution in [3.8, 4) is 11.4 Å². The molecular weight excluding hydrogens is 566 g/mol. The molecule has 0 aliphatic carbocycles. The maximum atomic E-state index is 6.70. The summed E-state index contributed by atoms with van der Waals surface area (Å²) in [5, 5.41) is 4.70. The number of nitrogens with one attached hydrogen (secondary N) is 1. The summed E-state index contributed by atoms with van der Waals surface area (Å²) in [4.78, 5) is 9.21. The Morgan fingerprint density at radius 1 is 0.976 bits per heavy atom. The number of halogens is 1. The van der Waals surface area contributed by atoms with Crippen LogP contribution in [-0.2, 0) is 4.74 Å². The van der Waals surface area contributed by atoms with E-state index in [0.717, 1.165) is 41.5 Å². The molecule has 2 aromatic carbocycles. The first-order valence-electron chi connectivity index (χ1n) is 14.3. The highest BCUT2D eigenvalue weighted by Gasteiger charge is 2.42. The van der Waals surface area contributed by atoms with Gasteiger partial charge in [-0.15, -0.1) is 0 Å². The van der Waals surface area contributed by atoms with Crippen molar-refractivity contribution in [2.24, 2.45) is 0 Å². The van der Waals surface area contributed by atoms with Gasteiger partial charge in [-0.05, 0) is 106 Å². The molecule has 0 spiro atoms. The zero-order valence-electron chi connectivity index (χ0n) is 24.8. The Morgan fingerprint density at radius 3 is 2.36 bits per heavy atom. The fourth-order valence-electron chi connectivity index (χ4n) is 5.83. The first kappa shape index (κ1) is 29.9. The molecule has 5 rings (SSSR count). The standard InChI is InChI=1S/C33H38ClN5O2S/c1-6-37(7-2)24-11-13-25(14-12-24)38-22(3)20-27(23(38)4)32-31(29-10-8-9-17-35-29)36-33(42)39(32)26-15-16-30(28(34)21-26)41-19-18-40-5/h8-17,20-21,31-32H,6-7,18-19H2,1-5H3,(H,36,42). The summed E-state index contributed by atoms with van der Waals surface area (Å²) >= 11 is 12.7. The molecule has 0 saturated carbocycles. The summed E-state index contributed by atoms with van der Waals surface area (Å²) in [6.45, 7) is 11.6. The quantitative estimate of drug-likeness (QED) is 0.144. The molecule has 2 unspecified atom stereocenters. The van der Waals surface area contributed by atoms with Crippen molar-refractivity contribution in [1.82, 2.24) is 14.9 Å². The Bertz CT molecular complexity index is 1520. The highest BCUT2D eigenvalue weighted by Crippen LogP contribution is 2.45. The minimum absolute atomic E-state index is 0.154. The van der Waals surface area contributed by atoms with Crippen LogP contribution in [0.4, 0.5) is 11.4 Å². The zero-order valence-corrected chi connectivity index (χ0v) is 26.4. The van der Waals surface area contributed by atoms with E-state index in [1.807, 2.05) is 42.6 Å². The van der Waals surface area contributed by atoms with Crippen molar-refractivity contribution >= 4 is 40.3 Å². The Kier molecular flexibility index (Phi) is 9.36. The molecule has 7 nitrogen and oxygen atoms in total. The number of hydrogen-bond donors (Lipinski definition) is 1. The lowest BCUT2D eigenvalue weighted by Gasteiger charge is -2.28. The van der Waals surface area contributed by atoms with Crippen LogP contribution < -0.4 is 19.9 Å². The lowest BCUT2D eigenvalue weighted by molar-refractivity contribution is 0.146. The molecule has 4 aromatic rings. The van der Waals surface area contributed by atoms with E-state index in [-0.39, 0.29) is 12.1 Å². The first-order valence-corrected chi connectivity index (χ1v) is 15.1. The largest absolute Gasteiger partial charge is 0.490 e. The third-order valence-electron chi connectivity index (χ3n) is 7.86. The molecule has 0 bridgehead atoms. The Balaban J connectivity index is 1.57. The number of nitrogens with zero attached hydrogens (tertiary/aromatic N) is 4. The maximum Gasteiger partial charge on any atom is 0.174 e. The lowest BCUT2D eigenvalue weighted by atomic mass is 9.96. The summed E-state index contributed by atoms with van der Waals surface area (Å²) in [5.74, 6) is 0.611. The van der Waals surface area contributed by atoms with Crippen molar-refractivity contribution in [2.75, 3.05) is 43.2 Å². The van der Waals surface area contributed by atoms with Gasteiger partial charge >= 0.3 is 0 Å². The topological polar surface area (TPSA) is 54.8 Å². The highest BCUT2D eigenvalue weighted by atomic mass is 35.5. The van der Waals surface area contributed by atoms with Gasteiger partial charge in [0.2, 0.25) is 0 Å². The molecule has 2 aromatic heterocycles. The summed E-state index contributed by atoms with van der Waals surface area (Å²) in [6, 6.07) is 22.5. The van der Waals surface area contributed by atoms with Gasteiger partial charge in [-0.3, -0.25) is 4.98 Å². The average molecular weight is 604 g/mol. The van der Waals surface area contributed by atoms with Gasteiger partial charge in [0.1, 0.15) is 12.4 Å². The Morgan fingerprint density at radius 2 is 1.71 bits per heavy atom.